The average molecular weight is 305 g/mol. The highest BCUT2D eigenvalue weighted by atomic mass is 35.5. The molecule has 1 aliphatic heterocycles. The second kappa shape index (κ2) is 6.28. The molecule has 0 radical (unpaired) electrons. The molecule has 3 N–H and O–H groups in total. The van der Waals surface area contributed by atoms with E-state index in [-0.39, 0.29) is 11.9 Å². The van der Waals surface area contributed by atoms with Gasteiger partial charge in [0.1, 0.15) is 5.69 Å². The quantitative estimate of drug-likeness (QED) is 0.814. The van der Waals surface area contributed by atoms with Crippen LogP contribution < -0.4 is 10.6 Å². The summed E-state index contributed by atoms with van der Waals surface area (Å²) in [6.45, 7) is 1.90. The van der Waals surface area contributed by atoms with E-state index in [4.69, 9.17) is 11.6 Å². The Morgan fingerprint density at radius 2 is 1.95 bits per heavy atom. The summed E-state index contributed by atoms with van der Waals surface area (Å²) in [5, 5.41) is 14.0. The van der Waals surface area contributed by atoms with Crippen LogP contribution in [0.2, 0.25) is 5.02 Å². The molecule has 0 spiro atoms. The Hall–Kier alpha value is -1.85. The zero-order chi connectivity index (χ0) is 14.7. The van der Waals surface area contributed by atoms with Gasteiger partial charge in [0.15, 0.2) is 0 Å². The maximum Gasteiger partial charge on any atom is 0.269 e. The standard InChI is InChI=1S/C15H17ClN4O/c16-11-3-1-10(2-4-11)13-9-14(20-19-13)15(21)18-12-5-7-17-8-6-12/h1-4,9,12,17H,5-8H2,(H,18,21)(H,19,20). The van der Waals surface area contributed by atoms with Crippen LogP contribution in [0.5, 0.6) is 0 Å². The lowest BCUT2D eigenvalue weighted by Gasteiger charge is -2.23. The minimum absolute atomic E-state index is 0.102. The van der Waals surface area contributed by atoms with Crippen molar-refractivity contribution >= 4 is 17.5 Å². The van der Waals surface area contributed by atoms with Gasteiger partial charge >= 0.3 is 0 Å². The van der Waals surface area contributed by atoms with E-state index in [1.807, 2.05) is 12.1 Å². The largest absolute Gasteiger partial charge is 0.348 e. The van der Waals surface area contributed by atoms with Crippen molar-refractivity contribution in [3.63, 3.8) is 0 Å². The SMILES string of the molecule is O=C(NC1CCNCC1)c1cc(-c2ccc(Cl)cc2)n[nH]1. The van der Waals surface area contributed by atoms with Gasteiger partial charge in [0.2, 0.25) is 0 Å². The molecule has 0 bridgehead atoms. The molecule has 2 aromatic rings. The summed E-state index contributed by atoms with van der Waals surface area (Å²) in [4.78, 5) is 12.2. The number of carbonyl (C=O) groups excluding carboxylic acids is 1. The van der Waals surface area contributed by atoms with Gasteiger partial charge in [-0.05, 0) is 44.1 Å². The molecule has 1 amide bonds. The topological polar surface area (TPSA) is 69.8 Å². The van der Waals surface area contributed by atoms with E-state index in [9.17, 15) is 4.79 Å². The van der Waals surface area contributed by atoms with Gasteiger partial charge in [-0.3, -0.25) is 9.89 Å². The minimum atomic E-state index is -0.102. The van der Waals surface area contributed by atoms with Crippen LogP contribution in [0.3, 0.4) is 0 Å². The number of nitrogens with zero attached hydrogens (tertiary/aromatic N) is 1. The van der Waals surface area contributed by atoms with Gasteiger partial charge in [-0.1, -0.05) is 23.7 Å². The van der Waals surface area contributed by atoms with Crippen molar-refractivity contribution in [3.05, 3.63) is 41.0 Å². The van der Waals surface area contributed by atoms with E-state index in [0.29, 0.717) is 10.7 Å². The fourth-order valence-electron chi connectivity index (χ4n) is 2.44. The number of nitrogens with one attached hydrogen (secondary N) is 3. The van der Waals surface area contributed by atoms with Crippen LogP contribution in [-0.4, -0.2) is 35.2 Å². The van der Waals surface area contributed by atoms with Crippen molar-refractivity contribution in [1.82, 2.24) is 20.8 Å². The lowest BCUT2D eigenvalue weighted by atomic mass is 10.1. The summed E-state index contributed by atoms with van der Waals surface area (Å²) < 4.78 is 0. The molecule has 1 aliphatic rings. The first-order chi connectivity index (χ1) is 10.2. The number of carbonyl (C=O) groups is 1. The molecule has 3 rings (SSSR count). The molecule has 1 aromatic carbocycles. The number of aromatic nitrogens is 2. The summed E-state index contributed by atoms with van der Waals surface area (Å²) in [7, 11) is 0. The smallest absolute Gasteiger partial charge is 0.269 e. The van der Waals surface area contributed by atoms with Gasteiger partial charge in [-0.25, -0.2) is 0 Å². The van der Waals surface area contributed by atoms with E-state index in [1.54, 1.807) is 18.2 Å². The van der Waals surface area contributed by atoms with E-state index in [2.05, 4.69) is 20.8 Å². The minimum Gasteiger partial charge on any atom is -0.348 e. The van der Waals surface area contributed by atoms with Gasteiger partial charge in [-0.2, -0.15) is 5.10 Å². The van der Waals surface area contributed by atoms with Crippen molar-refractivity contribution in [1.29, 1.82) is 0 Å². The van der Waals surface area contributed by atoms with E-state index >= 15 is 0 Å². The van der Waals surface area contributed by atoms with E-state index < -0.39 is 0 Å². The summed E-state index contributed by atoms with van der Waals surface area (Å²) in [6, 6.07) is 9.38. The Bertz CT molecular complexity index is 617. The highest BCUT2D eigenvalue weighted by Crippen LogP contribution is 2.20. The van der Waals surface area contributed by atoms with E-state index in [0.717, 1.165) is 37.2 Å². The molecule has 2 heterocycles. The van der Waals surface area contributed by atoms with Gasteiger partial charge < -0.3 is 10.6 Å². The molecular weight excluding hydrogens is 288 g/mol. The Kier molecular flexibility index (Phi) is 4.22. The summed E-state index contributed by atoms with van der Waals surface area (Å²) in [5.41, 5.74) is 2.15. The zero-order valence-corrected chi connectivity index (χ0v) is 12.3. The van der Waals surface area contributed by atoms with Crippen molar-refractivity contribution in [2.24, 2.45) is 0 Å². The maximum atomic E-state index is 12.2. The number of amides is 1. The summed E-state index contributed by atoms with van der Waals surface area (Å²) >= 11 is 5.87. The highest BCUT2D eigenvalue weighted by molar-refractivity contribution is 6.30. The Morgan fingerprint density at radius 1 is 1.24 bits per heavy atom. The molecule has 1 saturated heterocycles. The van der Waals surface area contributed by atoms with Crippen LogP contribution in [0.1, 0.15) is 23.3 Å². The van der Waals surface area contributed by atoms with Crippen molar-refractivity contribution in [2.45, 2.75) is 18.9 Å². The number of benzene rings is 1. The van der Waals surface area contributed by atoms with Crippen LogP contribution in [0.4, 0.5) is 0 Å². The molecule has 110 valence electrons. The van der Waals surface area contributed by atoms with Crippen molar-refractivity contribution in [3.8, 4) is 11.3 Å². The maximum absolute atomic E-state index is 12.2. The number of rotatable bonds is 3. The number of aromatic amines is 1. The third kappa shape index (κ3) is 3.43. The Morgan fingerprint density at radius 3 is 2.67 bits per heavy atom. The fourth-order valence-corrected chi connectivity index (χ4v) is 2.56. The predicted molar refractivity (Wildman–Crippen MR) is 82.4 cm³/mol. The molecule has 6 heteroatoms. The summed E-state index contributed by atoms with van der Waals surface area (Å²) in [5.74, 6) is -0.102. The zero-order valence-electron chi connectivity index (χ0n) is 11.5. The van der Waals surface area contributed by atoms with Crippen LogP contribution in [0.15, 0.2) is 30.3 Å². The molecule has 5 nitrogen and oxygen atoms in total. The number of halogens is 1. The van der Waals surface area contributed by atoms with Gasteiger partial charge in [0.05, 0.1) is 5.69 Å². The average Bonchev–Trinajstić information content (AvgIpc) is 2.99. The lowest BCUT2D eigenvalue weighted by molar-refractivity contribution is 0.0924. The van der Waals surface area contributed by atoms with Crippen molar-refractivity contribution in [2.75, 3.05) is 13.1 Å². The first-order valence-electron chi connectivity index (χ1n) is 7.05. The van der Waals surface area contributed by atoms with Gasteiger partial charge in [0, 0.05) is 16.6 Å². The van der Waals surface area contributed by atoms with Crippen LogP contribution in [0.25, 0.3) is 11.3 Å². The number of hydrogen-bond acceptors (Lipinski definition) is 3. The van der Waals surface area contributed by atoms with Crippen LogP contribution in [0, 0.1) is 0 Å². The predicted octanol–water partition coefficient (Wildman–Crippen LogP) is 2.21. The second-order valence-corrected chi connectivity index (χ2v) is 5.61. The first-order valence-corrected chi connectivity index (χ1v) is 7.43. The second-order valence-electron chi connectivity index (χ2n) is 5.17. The highest BCUT2D eigenvalue weighted by Gasteiger charge is 2.18. The van der Waals surface area contributed by atoms with Crippen LogP contribution in [-0.2, 0) is 0 Å². The monoisotopic (exact) mass is 304 g/mol. The van der Waals surface area contributed by atoms with Gasteiger partial charge in [0.25, 0.3) is 5.91 Å². The molecule has 0 aliphatic carbocycles. The lowest BCUT2D eigenvalue weighted by Crippen LogP contribution is -2.42. The fraction of sp³-hybridized carbons (Fsp3) is 0.333. The Labute approximate surface area is 128 Å². The van der Waals surface area contributed by atoms with Crippen molar-refractivity contribution < 1.29 is 4.79 Å². The normalized spacial score (nSPS) is 15.9. The Balaban J connectivity index is 1.69. The third-order valence-corrected chi connectivity index (χ3v) is 3.89. The first kappa shape index (κ1) is 14.1. The molecule has 0 atom stereocenters. The molecular formula is C15H17ClN4O. The number of H-pyrrole nitrogens is 1. The third-order valence-electron chi connectivity index (χ3n) is 3.64. The van der Waals surface area contributed by atoms with Gasteiger partial charge in [-0.15, -0.1) is 0 Å². The molecule has 0 saturated carbocycles. The molecule has 0 unspecified atom stereocenters. The summed E-state index contributed by atoms with van der Waals surface area (Å²) in [6.07, 6.45) is 1.92. The number of hydrogen-bond donors (Lipinski definition) is 3. The molecule has 21 heavy (non-hydrogen) atoms. The van der Waals surface area contributed by atoms with Crippen LogP contribution >= 0.6 is 11.6 Å². The van der Waals surface area contributed by atoms with E-state index in [1.165, 1.54) is 0 Å². The number of piperidine rings is 1. The molecule has 1 aromatic heterocycles. The molecule has 1 fully saturated rings.